The molecule has 0 spiro atoms. The second-order valence-corrected chi connectivity index (χ2v) is 5.83. The molecule has 0 aliphatic carbocycles. The van der Waals surface area contributed by atoms with Crippen molar-refractivity contribution in [2.75, 3.05) is 13.2 Å². The van der Waals surface area contributed by atoms with Gasteiger partial charge in [0.1, 0.15) is 12.4 Å². The maximum Gasteiger partial charge on any atom is 0.416 e. The molecule has 2 heterocycles. The Balaban J connectivity index is 2.01. The van der Waals surface area contributed by atoms with Gasteiger partial charge in [0.05, 0.1) is 29.2 Å². The van der Waals surface area contributed by atoms with E-state index in [0.717, 1.165) is 17.6 Å². The molecule has 0 fully saturated rings. The molecule has 3 rings (SSSR count). The van der Waals surface area contributed by atoms with E-state index in [0.29, 0.717) is 37.1 Å². The summed E-state index contributed by atoms with van der Waals surface area (Å²) in [5.41, 5.74) is 0.417. The molecule has 1 N–H and O–H groups in total. The Morgan fingerprint density at radius 3 is 2.86 bits per heavy atom. The van der Waals surface area contributed by atoms with Gasteiger partial charge in [0.25, 0.3) is 0 Å². The monoisotopic (exact) mass is 313 g/mol. The molecule has 1 atom stereocenters. The first kappa shape index (κ1) is 15.3. The van der Waals surface area contributed by atoms with E-state index in [1.165, 1.54) is 6.07 Å². The molecule has 22 heavy (non-hydrogen) atoms. The van der Waals surface area contributed by atoms with E-state index >= 15 is 0 Å². The molecule has 1 aromatic heterocycles. The van der Waals surface area contributed by atoms with Gasteiger partial charge in [0, 0.05) is 12.6 Å². The van der Waals surface area contributed by atoms with Crippen molar-refractivity contribution >= 4 is 11.0 Å². The predicted octanol–water partition coefficient (Wildman–Crippen LogP) is 3.12. The van der Waals surface area contributed by atoms with E-state index in [-0.39, 0.29) is 6.04 Å². The van der Waals surface area contributed by atoms with Gasteiger partial charge < -0.3 is 14.6 Å². The van der Waals surface area contributed by atoms with Crippen LogP contribution in [0.2, 0.25) is 0 Å². The first-order valence-electron chi connectivity index (χ1n) is 7.25. The van der Waals surface area contributed by atoms with Gasteiger partial charge in [-0.15, -0.1) is 0 Å². The third-order valence-electron chi connectivity index (χ3n) is 3.76. The summed E-state index contributed by atoms with van der Waals surface area (Å²) in [4.78, 5) is 4.31. The van der Waals surface area contributed by atoms with E-state index in [1.807, 2.05) is 18.4 Å². The molecule has 0 bridgehead atoms. The van der Waals surface area contributed by atoms with E-state index in [2.05, 4.69) is 10.3 Å². The minimum atomic E-state index is -4.35. The number of alkyl halides is 3. The molecule has 4 nitrogen and oxygen atoms in total. The Hall–Kier alpha value is -1.60. The van der Waals surface area contributed by atoms with Gasteiger partial charge >= 0.3 is 6.18 Å². The van der Waals surface area contributed by atoms with Gasteiger partial charge in [-0.05, 0) is 18.2 Å². The van der Waals surface area contributed by atoms with Crippen LogP contribution >= 0.6 is 0 Å². The molecule has 7 heteroatoms. The van der Waals surface area contributed by atoms with Crippen molar-refractivity contribution in [1.29, 1.82) is 0 Å². The number of halogens is 3. The average Bonchev–Trinajstić information content (AvgIpc) is 2.82. The minimum Gasteiger partial charge on any atom is -0.371 e. The molecule has 1 aliphatic rings. The Morgan fingerprint density at radius 2 is 2.18 bits per heavy atom. The number of aromatic nitrogens is 2. The standard InChI is InChI=1S/C15H18F3N3O/c1-9(2)19-6-11-7-22-8-14-20-12-5-10(15(16,17)18)3-4-13(12)21(11)14/h3-5,9,11,19H,6-8H2,1-2H3. The van der Waals surface area contributed by atoms with Crippen LogP contribution in [0.15, 0.2) is 18.2 Å². The van der Waals surface area contributed by atoms with Gasteiger partial charge in [-0.2, -0.15) is 13.2 Å². The van der Waals surface area contributed by atoms with Crippen molar-refractivity contribution in [1.82, 2.24) is 14.9 Å². The summed E-state index contributed by atoms with van der Waals surface area (Å²) in [6, 6.07) is 4.08. The number of imidazole rings is 1. The van der Waals surface area contributed by atoms with Crippen LogP contribution in [0.4, 0.5) is 13.2 Å². The van der Waals surface area contributed by atoms with E-state index in [4.69, 9.17) is 4.74 Å². The topological polar surface area (TPSA) is 39.1 Å². The Morgan fingerprint density at radius 1 is 1.41 bits per heavy atom. The summed E-state index contributed by atoms with van der Waals surface area (Å²) in [6.45, 7) is 5.64. The van der Waals surface area contributed by atoms with E-state index in [9.17, 15) is 13.2 Å². The molecule has 0 saturated heterocycles. The first-order valence-corrected chi connectivity index (χ1v) is 7.25. The number of rotatable bonds is 3. The third kappa shape index (κ3) is 2.83. The maximum absolute atomic E-state index is 12.8. The van der Waals surface area contributed by atoms with E-state index < -0.39 is 11.7 Å². The summed E-state index contributed by atoms with van der Waals surface area (Å²) in [6.07, 6.45) is -4.35. The van der Waals surface area contributed by atoms with Crippen molar-refractivity contribution in [2.24, 2.45) is 0 Å². The largest absolute Gasteiger partial charge is 0.416 e. The minimum absolute atomic E-state index is 0.0351. The fourth-order valence-electron chi connectivity index (χ4n) is 2.72. The summed E-state index contributed by atoms with van der Waals surface area (Å²) in [5.74, 6) is 0.677. The second-order valence-electron chi connectivity index (χ2n) is 5.83. The van der Waals surface area contributed by atoms with Crippen LogP contribution in [0.1, 0.15) is 31.3 Å². The zero-order chi connectivity index (χ0) is 15.9. The van der Waals surface area contributed by atoms with Crippen LogP contribution in [0.3, 0.4) is 0 Å². The van der Waals surface area contributed by atoms with Crippen LogP contribution in [0.5, 0.6) is 0 Å². The SMILES string of the molecule is CC(C)NCC1COCc2nc3cc(C(F)(F)F)ccc3n21. The molecule has 2 aromatic rings. The van der Waals surface area contributed by atoms with Crippen LogP contribution < -0.4 is 5.32 Å². The number of benzene rings is 1. The van der Waals surface area contributed by atoms with Crippen molar-refractivity contribution in [3.05, 3.63) is 29.6 Å². The lowest BCUT2D eigenvalue weighted by molar-refractivity contribution is -0.137. The summed E-state index contributed by atoms with van der Waals surface area (Å²) in [7, 11) is 0. The Kier molecular flexibility index (Phi) is 3.86. The summed E-state index contributed by atoms with van der Waals surface area (Å²) >= 11 is 0. The van der Waals surface area contributed by atoms with Gasteiger partial charge in [-0.25, -0.2) is 4.98 Å². The van der Waals surface area contributed by atoms with Gasteiger partial charge in [-0.1, -0.05) is 13.8 Å². The zero-order valence-electron chi connectivity index (χ0n) is 12.4. The quantitative estimate of drug-likeness (QED) is 0.946. The van der Waals surface area contributed by atoms with Crippen LogP contribution in [0.25, 0.3) is 11.0 Å². The lowest BCUT2D eigenvalue weighted by Gasteiger charge is -2.27. The number of hydrogen-bond donors (Lipinski definition) is 1. The number of ether oxygens (including phenoxy) is 1. The average molecular weight is 313 g/mol. The molecule has 1 aromatic carbocycles. The highest BCUT2D eigenvalue weighted by molar-refractivity contribution is 5.77. The summed E-state index contributed by atoms with van der Waals surface area (Å²) in [5, 5.41) is 3.34. The molecule has 1 aliphatic heterocycles. The molecule has 0 saturated carbocycles. The van der Waals surface area contributed by atoms with Crippen LogP contribution in [0, 0.1) is 0 Å². The molecular weight excluding hydrogens is 295 g/mol. The molecule has 0 radical (unpaired) electrons. The summed E-state index contributed by atoms with van der Waals surface area (Å²) < 4.78 is 46.0. The highest BCUT2D eigenvalue weighted by Gasteiger charge is 2.32. The second kappa shape index (κ2) is 5.55. The lowest BCUT2D eigenvalue weighted by atomic mass is 10.2. The van der Waals surface area contributed by atoms with Crippen molar-refractivity contribution in [3.8, 4) is 0 Å². The van der Waals surface area contributed by atoms with Crippen molar-refractivity contribution < 1.29 is 17.9 Å². The highest BCUT2D eigenvalue weighted by atomic mass is 19.4. The molecular formula is C15H18F3N3O. The first-order chi connectivity index (χ1) is 10.4. The zero-order valence-corrected chi connectivity index (χ0v) is 12.4. The smallest absolute Gasteiger partial charge is 0.371 e. The van der Waals surface area contributed by atoms with Gasteiger partial charge in [0.15, 0.2) is 0 Å². The number of hydrogen-bond acceptors (Lipinski definition) is 3. The maximum atomic E-state index is 12.8. The normalized spacial score (nSPS) is 18.9. The fraction of sp³-hybridized carbons (Fsp3) is 0.533. The number of nitrogens with zero attached hydrogens (tertiary/aromatic N) is 2. The molecule has 1 unspecified atom stereocenters. The van der Waals surface area contributed by atoms with Gasteiger partial charge in [0.2, 0.25) is 0 Å². The van der Waals surface area contributed by atoms with Crippen LogP contribution in [-0.4, -0.2) is 28.7 Å². The third-order valence-corrected chi connectivity index (χ3v) is 3.76. The highest BCUT2D eigenvalue weighted by Crippen LogP contribution is 2.33. The predicted molar refractivity (Wildman–Crippen MR) is 76.6 cm³/mol. The Labute approximate surface area is 126 Å². The van der Waals surface area contributed by atoms with Crippen molar-refractivity contribution in [2.45, 2.75) is 38.7 Å². The Bertz CT molecular complexity index is 678. The number of fused-ring (bicyclic) bond motifs is 3. The van der Waals surface area contributed by atoms with Gasteiger partial charge in [-0.3, -0.25) is 0 Å². The lowest BCUT2D eigenvalue weighted by Crippen LogP contribution is -2.35. The van der Waals surface area contributed by atoms with Crippen molar-refractivity contribution in [3.63, 3.8) is 0 Å². The molecule has 0 amide bonds. The molecule has 120 valence electrons. The van der Waals surface area contributed by atoms with E-state index in [1.54, 1.807) is 0 Å². The number of nitrogens with one attached hydrogen (secondary N) is 1. The fourth-order valence-corrected chi connectivity index (χ4v) is 2.72. The van der Waals surface area contributed by atoms with Crippen LogP contribution in [-0.2, 0) is 17.5 Å².